The van der Waals surface area contributed by atoms with Crippen LogP contribution < -0.4 is 5.32 Å². The predicted octanol–water partition coefficient (Wildman–Crippen LogP) is 1.71. The zero-order chi connectivity index (χ0) is 10.1. The van der Waals surface area contributed by atoms with E-state index < -0.39 is 0 Å². The standard InChI is InChI=1S/C12H24N2/c1-9-7-14(8-10(9)2)12-5-4-11(6-12)13-3/h9-13H,4-8H2,1-3H3. The summed E-state index contributed by atoms with van der Waals surface area (Å²) in [6, 6.07) is 1.66. The van der Waals surface area contributed by atoms with Gasteiger partial charge in [0, 0.05) is 25.2 Å². The maximum atomic E-state index is 3.41. The first-order valence-electron chi connectivity index (χ1n) is 6.12. The van der Waals surface area contributed by atoms with Crippen LogP contribution in [0.1, 0.15) is 33.1 Å². The lowest BCUT2D eigenvalue weighted by Crippen LogP contribution is -2.33. The number of nitrogens with one attached hydrogen (secondary N) is 1. The number of nitrogens with zero attached hydrogens (tertiary/aromatic N) is 1. The molecule has 0 bridgehead atoms. The van der Waals surface area contributed by atoms with E-state index in [1.165, 1.54) is 32.4 Å². The van der Waals surface area contributed by atoms with E-state index in [2.05, 4.69) is 31.1 Å². The van der Waals surface area contributed by atoms with E-state index >= 15 is 0 Å². The minimum absolute atomic E-state index is 0.784. The molecule has 2 fully saturated rings. The van der Waals surface area contributed by atoms with Crippen LogP contribution in [-0.2, 0) is 0 Å². The fraction of sp³-hybridized carbons (Fsp3) is 1.00. The molecule has 82 valence electrons. The van der Waals surface area contributed by atoms with Gasteiger partial charge in [0.2, 0.25) is 0 Å². The third-order valence-electron chi connectivity index (χ3n) is 4.35. The monoisotopic (exact) mass is 196 g/mol. The van der Waals surface area contributed by atoms with E-state index in [1.807, 2.05) is 0 Å². The highest BCUT2D eigenvalue weighted by Crippen LogP contribution is 2.31. The lowest BCUT2D eigenvalue weighted by molar-refractivity contribution is 0.232. The van der Waals surface area contributed by atoms with Crippen molar-refractivity contribution in [1.29, 1.82) is 0 Å². The van der Waals surface area contributed by atoms with Gasteiger partial charge in [-0.15, -0.1) is 0 Å². The van der Waals surface area contributed by atoms with Gasteiger partial charge >= 0.3 is 0 Å². The average Bonchev–Trinajstić information content (AvgIpc) is 2.74. The van der Waals surface area contributed by atoms with Crippen molar-refractivity contribution in [1.82, 2.24) is 10.2 Å². The Hall–Kier alpha value is -0.0800. The second-order valence-electron chi connectivity index (χ2n) is 5.36. The zero-order valence-electron chi connectivity index (χ0n) is 9.79. The second-order valence-corrected chi connectivity index (χ2v) is 5.36. The molecule has 2 heteroatoms. The van der Waals surface area contributed by atoms with Gasteiger partial charge in [-0.1, -0.05) is 13.8 Å². The summed E-state index contributed by atoms with van der Waals surface area (Å²) in [4.78, 5) is 2.73. The first-order chi connectivity index (χ1) is 6.70. The molecule has 1 saturated carbocycles. The molecule has 1 N–H and O–H groups in total. The zero-order valence-corrected chi connectivity index (χ0v) is 9.79. The summed E-state index contributed by atoms with van der Waals surface area (Å²) < 4.78 is 0. The summed E-state index contributed by atoms with van der Waals surface area (Å²) in [7, 11) is 2.10. The molecule has 1 aliphatic carbocycles. The topological polar surface area (TPSA) is 15.3 Å². The minimum Gasteiger partial charge on any atom is -0.317 e. The summed E-state index contributed by atoms with van der Waals surface area (Å²) in [6.45, 7) is 7.47. The smallest absolute Gasteiger partial charge is 0.0111 e. The molecule has 4 unspecified atom stereocenters. The summed E-state index contributed by atoms with van der Waals surface area (Å²) >= 11 is 0. The Bertz CT molecular complexity index is 183. The largest absolute Gasteiger partial charge is 0.317 e. The van der Waals surface area contributed by atoms with Gasteiger partial charge in [0.1, 0.15) is 0 Å². The molecule has 4 atom stereocenters. The Kier molecular flexibility index (Phi) is 3.13. The van der Waals surface area contributed by atoms with Crippen LogP contribution >= 0.6 is 0 Å². The van der Waals surface area contributed by atoms with Gasteiger partial charge in [-0.3, -0.25) is 4.90 Å². The van der Waals surface area contributed by atoms with Gasteiger partial charge in [-0.25, -0.2) is 0 Å². The quantitative estimate of drug-likeness (QED) is 0.723. The molecular formula is C12H24N2. The summed E-state index contributed by atoms with van der Waals surface area (Å²) in [5.41, 5.74) is 0. The Morgan fingerprint density at radius 2 is 1.71 bits per heavy atom. The Morgan fingerprint density at radius 1 is 1.07 bits per heavy atom. The van der Waals surface area contributed by atoms with Crippen molar-refractivity contribution < 1.29 is 0 Å². The number of hydrogen-bond acceptors (Lipinski definition) is 2. The summed E-state index contributed by atoms with van der Waals surface area (Å²) in [5.74, 6) is 1.81. The first-order valence-corrected chi connectivity index (χ1v) is 6.12. The summed E-state index contributed by atoms with van der Waals surface area (Å²) in [6.07, 6.45) is 4.15. The predicted molar refractivity (Wildman–Crippen MR) is 60.4 cm³/mol. The molecule has 2 nitrogen and oxygen atoms in total. The third kappa shape index (κ3) is 1.96. The number of likely N-dealkylation sites (tertiary alicyclic amines) is 1. The first kappa shape index (κ1) is 10.4. The van der Waals surface area contributed by atoms with Crippen LogP contribution in [0.5, 0.6) is 0 Å². The highest BCUT2D eigenvalue weighted by atomic mass is 15.2. The van der Waals surface area contributed by atoms with Crippen molar-refractivity contribution in [3.05, 3.63) is 0 Å². The molecule has 1 saturated heterocycles. The van der Waals surface area contributed by atoms with E-state index in [4.69, 9.17) is 0 Å². The van der Waals surface area contributed by atoms with E-state index in [0.29, 0.717) is 0 Å². The minimum atomic E-state index is 0.784. The van der Waals surface area contributed by atoms with Crippen molar-refractivity contribution in [3.8, 4) is 0 Å². The molecule has 1 aliphatic heterocycles. The van der Waals surface area contributed by atoms with Gasteiger partial charge in [0.05, 0.1) is 0 Å². The highest BCUT2D eigenvalue weighted by molar-refractivity contribution is 4.90. The average molecular weight is 196 g/mol. The molecule has 2 aliphatic rings. The summed E-state index contributed by atoms with van der Waals surface area (Å²) in [5, 5.41) is 3.41. The van der Waals surface area contributed by atoms with Crippen molar-refractivity contribution in [2.75, 3.05) is 20.1 Å². The van der Waals surface area contributed by atoms with Crippen LogP contribution in [0.3, 0.4) is 0 Å². The number of hydrogen-bond donors (Lipinski definition) is 1. The third-order valence-corrected chi connectivity index (χ3v) is 4.35. The Labute approximate surface area is 88.1 Å². The van der Waals surface area contributed by atoms with Gasteiger partial charge in [0.25, 0.3) is 0 Å². The Morgan fingerprint density at radius 3 is 2.21 bits per heavy atom. The van der Waals surface area contributed by atoms with Crippen LogP contribution in [-0.4, -0.2) is 37.1 Å². The van der Waals surface area contributed by atoms with Crippen molar-refractivity contribution >= 4 is 0 Å². The molecule has 0 aromatic carbocycles. The van der Waals surface area contributed by atoms with Crippen LogP contribution in [0.15, 0.2) is 0 Å². The van der Waals surface area contributed by atoms with Crippen molar-refractivity contribution in [3.63, 3.8) is 0 Å². The van der Waals surface area contributed by atoms with Crippen LogP contribution in [0, 0.1) is 11.8 Å². The number of rotatable bonds is 2. The Balaban J connectivity index is 1.86. The lowest BCUT2D eigenvalue weighted by Gasteiger charge is -2.23. The molecule has 0 aromatic heterocycles. The highest BCUT2D eigenvalue weighted by Gasteiger charge is 2.34. The molecule has 1 heterocycles. The van der Waals surface area contributed by atoms with Crippen LogP contribution in [0.4, 0.5) is 0 Å². The molecule has 2 rings (SSSR count). The van der Waals surface area contributed by atoms with Gasteiger partial charge in [-0.05, 0) is 38.1 Å². The van der Waals surface area contributed by atoms with Crippen LogP contribution in [0.2, 0.25) is 0 Å². The van der Waals surface area contributed by atoms with Crippen molar-refractivity contribution in [2.24, 2.45) is 11.8 Å². The fourth-order valence-electron chi connectivity index (χ4n) is 3.02. The molecular weight excluding hydrogens is 172 g/mol. The van der Waals surface area contributed by atoms with E-state index in [-0.39, 0.29) is 0 Å². The second kappa shape index (κ2) is 4.19. The van der Waals surface area contributed by atoms with Gasteiger partial charge in [-0.2, -0.15) is 0 Å². The maximum Gasteiger partial charge on any atom is 0.0111 e. The molecule has 14 heavy (non-hydrogen) atoms. The van der Waals surface area contributed by atoms with E-state index in [9.17, 15) is 0 Å². The molecule has 0 amide bonds. The lowest BCUT2D eigenvalue weighted by atomic mass is 10.0. The van der Waals surface area contributed by atoms with Gasteiger partial charge < -0.3 is 5.32 Å². The molecule has 0 spiro atoms. The van der Waals surface area contributed by atoms with Gasteiger partial charge in [0.15, 0.2) is 0 Å². The molecule has 0 aromatic rings. The SMILES string of the molecule is CNC1CCC(N2CC(C)C(C)C2)C1. The maximum absolute atomic E-state index is 3.41. The molecule has 0 radical (unpaired) electrons. The van der Waals surface area contributed by atoms with E-state index in [1.54, 1.807) is 0 Å². The van der Waals surface area contributed by atoms with E-state index in [0.717, 1.165) is 23.9 Å². The fourth-order valence-corrected chi connectivity index (χ4v) is 3.02. The van der Waals surface area contributed by atoms with Crippen molar-refractivity contribution in [2.45, 2.75) is 45.2 Å². The normalized spacial score (nSPS) is 44.8. The van der Waals surface area contributed by atoms with Crippen LogP contribution in [0.25, 0.3) is 0 Å².